The molecule has 0 aliphatic carbocycles. The Morgan fingerprint density at radius 1 is 1.35 bits per heavy atom. The van der Waals surface area contributed by atoms with Gasteiger partial charge in [0.15, 0.2) is 0 Å². The quantitative estimate of drug-likeness (QED) is 0.818. The van der Waals surface area contributed by atoms with Gasteiger partial charge in [0, 0.05) is 12.6 Å². The summed E-state index contributed by atoms with van der Waals surface area (Å²) in [6.45, 7) is 0. The van der Waals surface area contributed by atoms with Crippen LogP contribution in [0.25, 0.3) is 11.3 Å². The maximum absolute atomic E-state index is 11.8. The molecule has 1 amide bonds. The van der Waals surface area contributed by atoms with Gasteiger partial charge < -0.3 is 0 Å². The summed E-state index contributed by atoms with van der Waals surface area (Å²) in [5.74, 6) is -0.262. The number of rotatable bonds is 3. The van der Waals surface area contributed by atoms with Gasteiger partial charge in [0.2, 0.25) is 0 Å². The molecule has 2 rings (SSSR count). The molecule has 2 aromatic rings. The first-order valence-corrected chi connectivity index (χ1v) is 5.15. The monoisotopic (exact) mass is 231 g/mol. The van der Waals surface area contributed by atoms with Crippen LogP contribution in [-0.4, -0.2) is 35.3 Å². The highest BCUT2D eigenvalue weighted by atomic mass is 16.7. The molecule has 1 N–H and O–H groups in total. The number of carbonyl (C=O) groups is 1. The van der Waals surface area contributed by atoms with Crippen molar-refractivity contribution in [2.75, 3.05) is 14.2 Å². The SMILES string of the molecule is CON(C)C(=O)c1cc(-c2ccccc2)n[nH]1. The van der Waals surface area contributed by atoms with Crippen molar-refractivity contribution >= 4 is 5.91 Å². The lowest BCUT2D eigenvalue weighted by atomic mass is 10.1. The number of aromatic amines is 1. The fraction of sp³-hybridized carbons (Fsp3) is 0.167. The van der Waals surface area contributed by atoms with Crippen molar-refractivity contribution in [2.24, 2.45) is 0 Å². The highest BCUT2D eigenvalue weighted by Crippen LogP contribution is 2.17. The molecule has 0 unspecified atom stereocenters. The zero-order valence-corrected chi connectivity index (χ0v) is 9.68. The second-order valence-corrected chi connectivity index (χ2v) is 3.52. The summed E-state index contributed by atoms with van der Waals surface area (Å²) < 4.78 is 0. The molecule has 0 saturated heterocycles. The number of benzene rings is 1. The van der Waals surface area contributed by atoms with Crippen molar-refractivity contribution in [3.05, 3.63) is 42.1 Å². The van der Waals surface area contributed by atoms with Crippen molar-refractivity contribution in [1.29, 1.82) is 0 Å². The van der Waals surface area contributed by atoms with Crippen molar-refractivity contribution in [1.82, 2.24) is 15.3 Å². The minimum Gasteiger partial charge on any atom is -0.274 e. The summed E-state index contributed by atoms with van der Waals surface area (Å²) in [5.41, 5.74) is 2.09. The van der Waals surface area contributed by atoms with Crippen molar-refractivity contribution in [3.63, 3.8) is 0 Å². The molecule has 0 aliphatic heterocycles. The van der Waals surface area contributed by atoms with Gasteiger partial charge >= 0.3 is 0 Å². The van der Waals surface area contributed by atoms with Crippen LogP contribution in [0.2, 0.25) is 0 Å². The molecule has 0 saturated carbocycles. The number of carbonyl (C=O) groups excluding carboxylic acids is 1. The lowest BCUT2D eigenvalue weighted by Crippen LogP contribution is -2.25. The van der Waals surface area contributed by atoms with E-state index in [4.69, 9.17) is 4.84 Å². The zero-order valence-electron chi connectivity index (χ0n) is 9.68. The van der Waals surface area contributed by atoms with Crippen LogP contribution in [0.1, 0.15) is 10.5 Å². The van der Waals surface area contributed by atoms with Gasteiger partial charge in [0.25, 0.3) is 5.91 Å². The molecular formula is C12H13N3O2. The second-order valence-electron chi connectivity index (χ2n) is 3.52. The average Bonchev–Trinajstić information content (AvgIpc) is 2.87. The molecule has 88 valence electrons. The van der Waals surface area contributed by atoms with Gasteiger partial charge in [-0.15, -0.1) is 0 Å². The number of hydroxylamine groups is 2. The lowest BCUT2D eigenvalue weighted by molar-refractivity contribution is -0.0760. The van der Waals surface area contributed by atoms with Gasteiger partial charge in [-0.1, -0.05) is 30.3 Å². The van der Waals surface area contributed by atoms with E-state index in [0.717, 1.165) is 16.3 Å². The molecule has 1 aromatic heterocycles. The van der Waals surface area contributed by atoms with E-state index in [1.54, 1.807) is 13.1 Å². The molecule has 0 radical (unpaired) electrons. The molecular weight excluding hydrogens is 218 g/mol. The van der Waals surface area contributed by atoms with Crippen LogP contribution >= 0.6 is 0 Å². The van der Waals surface area contributed by atoms with Crippen molar-refractivity contribution < 1.29 is 9.63 Å². The van der Waals surface area contributed by atoms with Crippen LogP contribution < -0.4 is 0 Å². The Morgan fingerprint density at radius 2 is 2.06 bits per heavy atom. The molecule has 1 heterocycles. The van der Waals surface area contributed by atoms with Gasteiger partial charge in [0.1, 0.15) is 5.69 Å². The fourth-order valence-corrected chi connectivity index (χ4v) is 1.44. The Balaban J connectivity index is 2.25. The van der Waals surface area contributed by atoms with E-state index in [9.17, 15) is 4.79 Å². The molecule has 5 nitrogen and oxygen atoms in total. The molecule has 1 aromatic carbocycles. The molecule has 0 bridgehead atoms. The predicted octanol–water partition coefficient (Wildman–Crippen LogP) is 1.71. The summed E-state index contributed by atoms with van der Waals surface area (Å²) >= 11 is 0. The molecule has 0 fully saturated rings. The van der Waals surface area contributed by atoms with Crippen LogP contribution in [0.3, 0.4) is 0 Å². The van der Waals surface area contributed by atoms with E-state index < -0.39 is 0 Å². The minimum atomic E-state index is -0.262. The first-order valence-electron chi connectivity index (χ1n) is 5.15. The van der Waals surface area contributed by atoms with E-state index in [0.29, 0.717) is 5.69 Å². The van der Waals surface area contributed by atoms with E-state index in [1.807, 2.05) is 30.3 Å². The number of H-pyrrole nitrogens is 1. The van der Waals surface area contributed by atoms with Crippen LogP contribution in [0.15, 0.2) is 36.4 Å². The largest absolute Gasteiger partial charge is 0.295 e. The van der Waals surface area contributed by atoms with Crippen LogP contribution in [0.5, 0.6) is 0 Å². The van der Waals surface area contributed by atoms with Gasteiger partial charge in [-0.3, -0.25) is 14.7 Å². The number of hydrogen-bond acceptors (Lipinski definition) is 3. The fourth-order valence-electron chi connectivity index (χ4n) is 1.44. The normalized spacial score (nSPS) is 10.2. The lowest BCUT2D eigenvalue weighted by Gasteiger charge is -2.11. The Kier molecular flexibility index (Phi) is 3.20. The molecule has 0 atom stereocenters. The third-order valence-electron chi connectivity index (χ3n) is 2.44. The number of nitrogens with zero attached hydrogens (tertiary/aromatic N) is 2. The molecule has 0 spiro atoms. The third-order valence-corrected chi connectivity index (χ3v) is 2.44. The Labute approximate surface area is 99.0 Å². The first kappa shape index (κ1) is 11.3. The number of amides is 1. The standard InChI is InChI=1S/C12H13N3O2/c1-15(17-2)12(16)11-8-10(13-14-11)9-6-4-3-5-7-9/h3-8H,1-2H3,(H,13,14). The summed E-state index contributed by atoms with van der Waals surface area (Å²) in [5, 5.41) is 7.94. The minimum absolute atomic E-state index is 0.262. The van der Waals surface area contributed by atoms with Crippen LogP contribution in [0.4, 0.5) is 0 Å². The van der Waals surface area contributed by atoms with Gasteiger partial charge in [-0.2, -0.15) is 5.10 Å². The van der Waals surface area contributed by atoms with Crippen molar-refractivity contribution in [2.45, 2.75) is 0 Å². The van der Waals surface area contributed by atoms with Crippen LogP contribution in [-0.2, 0) is 4.84 Å². The van der Waals surface area contributed by atoms with E-state index in [-0.39, 0.29) is 5.91 Å². The van der Waals surface area contributed by atoms with Gasteiger partial charge in [-0.05, 0) is 6.07 Å². The number of hydrogen-bond donors (Lipinski definition) is 1. The Bertz CT molecular complexity index is 507. The maximum atomic E-state index is 11.8. The third kappa shape index (κ3) is 2.34. The smallest absolute Gasteiger partial charge is 0.274 e. The van der Waals surface area contributed by atoms with E-state index >= 15 is 0 Å². The predicted molar refractivity (Wildman–Crippen MR) is 63.1 cm³/mol. The second kappa shape index (κ2) is 4.80. The van der Waals surface area contributed by atoms with E-state index in [2.05, 4.69) is 10.2 Å². The summed E-state index contributed by atoms with van der Waals surface area (Å²) in [4.78, 5) is 16.6. The molecule has 5 heteroatoms. The zero-order chi connectivity index (χ0) is 12.3. The number of aromatic nitrogens is 2. The first-order chi connectivity index (χ1) is 8.22. The highest BCUT2D eigenvalue weighted by molar-refractivity contribution is 5.92. The van der Waals surface area contributed by atoms with Gasteiger partial charge in [0.05, 0.1) is 12.8 Å². The molecule has 0 aliphatic rings. The number of nitrogens with one attached hydrogen (secondary N) is 1. The van der Waals surface area contributed by atoms with Gasteiger partial charge in [-0.25, -0.2) is 5.06 Å². The molecule has 17 heavy (non-hydrogen) atoms. The Hall–Kier alpha value is -2.14. The summed E-state index contributed by atoms with van der Waals surface area (Å²) in [6.07, 6.45) is 0. The van der Waals surface area contributed by atoms with Crippen molar-refractivity contribution in [3.8, 4) is 11.3 Å². The summed E-state index contributed by atoms with van der Waals surface area (Å²) in [6, 6.07) is 11.3. The summed E-state index contributed by atoms with van der Waals surface area (Å²) in [7, 11) is 2.98. The van der Waals surface area contributed by atoms with Crippen LogP contribution in [0, 0.1) is 0 Å². The maximum Gasteiger partial charge on any atom is 0.295 e. The average molecular weight is 231 g/mol. The van der Waals surface area contributed by atoms with E-state index in [1.165, 1.54) is 7.11 Å². The highest BCUT2D eigenvalue weighted by Gasteiger charge is 2.14. The Morgan fingerprint density at radius 3 is 2.71 bits per heavy atom. The topological polar surface area (TPSA) is 58.2 Å².